The molecule has 0 radical (unpaired) electrons. The van der Waals surface area contributed by atoms with Gasteiger partial charge in [0.25, 0.3) is 0 Å². The fourth-order valence-corrected chi connectivity index (χ4v) is 3.16. The van der Waals surface area contributed by atoms with Gasteiger partial charge in [-0.2, -0.15) is 0 Å². The lowest BCUT2D eigenvalue weighted by atomic mass is 10.1. The fraction of sp³-hybridized carbons (Fsp3) is 0.188. The largest absolute Gasteiger partial charge is 0.293 e. The van der Waals surface area contributed by atoms with Crippen LogP contribution in [0, 0.1) is 13.8 Å². The van der Waals surface area contributed by atoms with Crippen LogP contribution in [0.5, 0.6) is 0 Å². The van der Waals surface area contributed by atoms with Gasteiger partial charge in [-0.3, -0.25) is 9.00 Å². The van der Waals surface area contributed by atoms with Crippen molar-refractivity contribution < 1.29 is 9.00 Å². The molecule has 0 heterocycles. The molecule has 0 spiro atoms. The molecule has 0 aromatic heterocycles. The van der Waals surface area contributed by atoms with Gasteiger partial charge in [0.2, 0.25) is 0 Å². The Morgan fingerprint density at radius 2 is 1.74 bits per heavy atom. The summed E-state index contributed by atoms with van der Waals surface area (Å²) >= 11 is 0. The van der Waals surface area contributed by atoms with Crippen LogP contribution in [0.1, 0.15) is 21.5 Å². The highest BCUT2D eigenvalue weighted by Crippen LogP contribution is 2.16. The molecule has 0 fully saturated rings. The van der Waals surface area contributed by atoms with Gasteiger partial charge in [-0.1, -0.05) is 48.0 Å². The molecular formula is C16H16O2S. The van der Waals surface area contributed by atoms with Gasteiger partial charge in [-0.25, -0.2) is 0 Å². The summed E-state index contributed by atoms with van der Waals surface area (Å²) in [6, 6.07) is 14.7. The van der Waals surface area contributed by atoms with E-state index in [1.54, 1.807) is 12.1 Å². The predicted molar refractivity (Wildman–Crippen MR) is 78.0 cm³/mol. The van der Waals surface area contributed by atoms with E-state index < -0.39 is 10.8 Å². The standard InChI is InChI=1S/C16H16O2S/c1-12-8-9-16(13(2)10-12)19(18)11-15(17)14-6-4-3-5-7-14/h3-10H,11H2,1-2H3. The van der Waals surface area contributed by atoms with Gasteiger partial charge in [-0.15, -0.1) is 0 Å². The molecule has 19 heavy (non-hydrogen) atoms. The van der Waals surface area contributed by atoms with E-state index in [4.69, 9.17) is 0 Å². The average molecular weight is 272 g/mol. The van der Waals surface area contributed by atoms with Gasteiger partial charge in [0.15, 0.2) is 5.78 Å². The fourth-order valence-electron chi connectivity index (χ4n) is 1.96. The van der Waals surface area contributed by atoms with E-state index in [9.17, 15) is 9.00 Å². The predicted octanol–water partition coefficient (Wildman–Crippen LogP) is 3.29. The molecule has 2 aromatic carbocycles. The van der Waals surface area contributed by atoms with Crippen molar-refractivity contribution in [3.05, 3.63) is 65.2 Å². The van der Waals surface area contributed by atoms with E-state index in [1.807, 2.05) is 50.2 Å². The molecule has 0 bridgehead atoms. The zero-order valence-corrected chi connectivity index (χ0v) is 11.9. The summed E-state index contributed by atoms with van der Waals surface area (Å²) in [4.78, 5) is 12.8. The Balaban J connectivity index is 2.15. The van der Waals surface area contributed by atoms with Gasteiger partial charge in [0.05, 0.1) is 16.6 Å². The van der Waals surface area contributed by atoms with E-state index in [-0.39, 0.29) is 11.5 Å². The molecule has 0 saturated heterocycles. The number of hydrogen-bond acceptors (Lipinski definition) is 2. The smallest absolute Gasteiger partial charge is 0.175 e. The number of ketones is 1. The van der Waals surface area contributed by atoms with E-state index in [1.165, 1.54) is 0 Å². The van der Waals surface area contributed by atoms with Gasteiger partial charge in [0.1, 0.15) is 0 Å². The number of carbonyl (C=O) groups excluding carboxylic acids is 1. The first-order valence-corrected chi connectivity index (χ1v) is 7.43. The van der Waals surface area contributed by atoms with Crippen molar-refractivity contribution >= 4 is 16.6 Å². The summed E-state index contributed by atoms with van der Waals surface area (Å²) in [7, 11) is -1.28. The molecule has 2 nitrogen and oxygen atoms in total. The Labute approximate surface area is 115 Å². The van der Waals surface area contributed by atoms with Crippen molar-refractivity contribution in [2.75, 3.05) is 5.75 Å². The van der Waals surface area contributed by atoms with E-state index in [2.05, 4.69) is 0 Å². The third-order valence-corrected chi connectivity index (χ3v) is 4.41. The molecule has 0 amide bonds. The van der Waals surface area contributed by atoms with Crippen LogP contribution in [0.15, 0.2) is 53.4 Å². The normalized spacial score (nSPS) is 12.1. The summed E-state index contributed by atoms with van der Waals surface area (Å²) in [6.07, 6.45) is 0. The maximum absolute atomic E-state index is 12.3. The second-order valence-corrected chi connectivity index (χ2v) is 5.97. The second kappa shape index (κ2) is 5.93. The van der Waals surface area contributed by atoms with Crippen LogP contribution in [-0.2, 0) is 10.8 Å². The number of hydrogen-bond donors (Lipinski definition) is 0. The third kappa shape index (κ3) is 3.38. The molecule has 0 N–H and O–H groups in total. The Morgan fingerprint density at radius 1 is 1.05 bits per heavy atom. The molecule has 3 heteroatoms. The zero-order chi connectivity index (χ0) is 13.8. The van der Waals surface area contributed by atoms with Gasteiger partial charge < -0.3 is 0 Å². The molecule has 0 saturated carbocycles. The topological polar surface area (TPSA) is 34.1 Å². The van der Waals surface area contributed by atoms with Crippen molar-refractivity contribution in [1.82, 2.24) is 0 Å². The SMILES string of the molecule is Cc1ccc(S(=O)CC(=O)c2ccccc2)c(C)c1. The van der Waals surface area contributed by atoms with Crippen molar-refractivity contribution in [3.8, 4) is 0 Å². The molecule has 2 rings (SSSR count). The average Bonchev–Trinajstić information content (AvgIpc) is 2.39. The molecule has 1 unspecified atom stereocenters. The Kier molecular flexibility index (Phi) is 4.27. The number of carbonyl (C=O) groups is 1. The quantitative estimate of drug-likeness (QED) is 0.800. The first-order chi connectivity index (χ1) is 9.08. The van der Waals surface area contributed by atoms with Gasteiger partial charge in [0, 0.05) is 10.5 Å². The van der Waals surface area contributed by atoms with Crippen LogP contribution in [0.2, 0.25) is 0 Å². The number of aryl methyl sites for hydroxylation is 2. The Morgan fingerprint density at radius 3 is 2.37 bits per heavy atom. The number of Topliss-reactive ketones (excluding diaryl/α,β-unsaturated/α-hetero) is 1. The summed E-state index contributed by atoms with van der Waals surface area (Å²) in [5, 5.41) is 0. The summed E-state index contributed by atoms with van der Waals surface area (Å²) in [5.41, 5.74) is 2.72. The summed E-state index contributed by atoms with van der Waals surface area (Å²) in [5.74, 6) is -0.0487. The van der Waals surface area contributed by atoms with Crippen molar-refractivity contribution in [2.45, 2.75) is 18.7 Å². The summed E-state index contributed by atoms with van der Waals surface area (Å²) in [6.45, 7) is 3.92. The van der Waals surface area contributed by atoms with Crippen molar-refractivity contribution in [3.63, 3.8) is 0 Å². The molecule has 2 aromatic rings. The lowest BCUT2D eigenvalue weighted by Gasteiger charge is -2.06. The van der Waals surface area contributed by atoms with Crippen LogP contribution in [0.4, 0.5) is 0 Å². The van der Waals surface area contributed by atoms with Crippen LogP contribution >= 0.6 is 0 Å². The minimum absolute atomic E-state index is 0.0356. The Bertz CT molecular complexity index is 618. The minimum atomic E-state index is -1.28. The highest BCUT2D eigenvalue weighted by molar-refractivity contribution is 7.85. The number of benzene rings is 2. The molecule has 98 valence electrons. The van der Waals surface area contributed by atoms with Crippen LogP contribution in [0.25, 0.3) is 0 Å². The second-order valence-electron chi connectivity index (χ2n) is 4.55. The van der Waals surface area contributed by atoms with Crippen LogP contribution in [0.3, 0.4) is 0 Å². The van der Waals surface area contributed by atoms with E-state index in [0.717, 1.165) is 16.0 Å². The molecule has 0 aliphatic rings. The first kappa shape index (κ1) is 13.7. The lowest BCUT2D eigenvalue weighted by Crippen LogP contribution is -2.11. The van der Waals surface area contributed by atoms with Crippen LogP contribution in [-0.4, -0.2) is 15.7 Å². The Hall–Kier alpha value is -1.74. The van der Waals surface area contributed by atoms with E-state index in [0.29, 0.717) is 5.56 Å². The molecule has 0 aliphatic heterocycles. The zero-order valence-electron chi connectivity index (χ0n) is 11.1. The lowest BCUT2D eigenvalue weighted by molar-refractivity contribution is 0.102. The highest BCUT2D eigenvalue weighted by Gasteiger charge is 2.13. The molecule has 1 atom stereocenters. The maximum atomic E-state index is 12.3. The monoisotopic (exact) mass is 272 g/mol. The number of rotatable bonds is 4. The minimum Gasteiger partial charge on any atom is -0.293 e. The third-order valence-electron chi connectivity index (χ3n) is 2.93. The van der Waals surface area contributed by atoms with E-state index >= 15 is 0 Å². The van der Waals surface area contributed by atoms with Crippen molar-refractivity contribution in [1.29, 1.82) is 0 Å². The van der Waals surface area contributed by atoms with Crippen LogP contribution < -0.4 is 0 Å². The first-order valence-electron chi connectivity index (χ1n) is 6.12. The summed E-state index contributed by atoms with van der Waals surface area (Å²) < 4.78 is 12.3. The molecule has 0 aliphatic carbocycles. The maximum Gasteiger partial charge on any atom is 0.175 e. The van der Waals surface area contributed by atoms with Gasteiger partial charge >= 0.3 is 0 Å². The highest BCUT2D eigenvalue weighted by atomic mass is 32.2. The van der Waals surface area contributed by atoms with Crippen molar-refractivity contribution in [2.24, 2.45) is 0 Å². The van der Waals surface area contributed by atoms with Gasteiger partial charge in [-0.05, 0) is 25.5 Å². The molecular weight excluding hydrogens is 256 g/mol.